The van der Waals surface area contributed by atoms with Crippen molar-refractivity contribution in [2.75, 3.05) is 20.7 Å². The summed E-state index contributed by atoms with van der Waals surface area (Å²) in [5.74, 6) is 3.07. The minimum absolute atomic E-state index is 0.0597. The lowest BCUT2D eigenvalue weighted by Gasteiger charge is -2.59. The van der Waals surface area contributed by atoms with Crippen molar-refractivity contribution in [2.24, 2.45) is 23.2 Å². The van der Waals surface area contributed by atoms with E-state index >= 15 is 0 Å². The highest BCUT2D eigenvalue weighted by molar-refractivity contribution is 5.96. The molecule has 2 bridgehead atoms. The Bertz CT molecular complexity index is 748. The van der Waals surface area contributed by atoms with Gasteiger partial charge in [0.1, 0.15) is 5.76 Å². The zero-order chi connectivity index (χ0) is 20.9. The molecule has 1 saturated carbocycles. The minimum atomic E-state index is -0.375. The van der Waals surface area contributed by atoms with E-state index in [1.54, 1.807) is 27.0 Å². The van der Waals surface area contributed by atoms with Crippen molar-refractivity contribution < 1.29 is 24.5 Å². The third-order valence-electron chi connectivity index (χ3n) is 7.40. The highest BCUT2D eigenvalue weighted by Gasteiger charge is 2.69. The number of likely N-dealkylation sites (tertiary alicyclic amines) is 1. The maximum Gasteiger partial charge on any atom is 0.196 e. The Balaban J connectivity index is 0.000000255. The van der Waals surface area contributed by atoms with Crippen molar-refractivity contribution in [3.8, 4) is 0 Å². The molecule has 3 fully saturated rings. The molecule has 2 N–H and O–H groups in total. The molecule has 0 aromatic rings. The second-order valence-electron chi connectivity index (χ2n) is 9.30. The zero-order valence-electron chi connectivity index (χ0n) is 17.7. The quantitative estimate of drug-likeness (QED) is 0.751. The number of methoxy groups -OCH3 is 1. The summed E-state index contributed by atoms with van der Waals surface area (Å²) in [4.78, 5) is 15.0. The van der Waals surface area contributed by atoms with E-state index in [-0.39, 0.29) is 29.5 Å². The van der Waals surface area contributed by atoms with E-state index in [0.29, 0.717) is 30.2 Å². The van der Waals surface area contributed by atoms with Gasteiger partial charge in [-0.25, -0.2) is 0 Å². The van der Waals surface area contributed by atoms with Crippen LogP contribution in [-0.2, 0) is 14.3 Å². The number of rotatable bonds is 3. The molecule has 1 spiro atoms. The number of piperidine rings is 1. The molecule has 5 rings (SSSR count). The standard InChI is InChI=1S/C18H21NO3.C5H12O2/c1-19-8-7-18-11-4-5-13(20)17(18)22-16-14(21-2)6-3-10(15(16)18)9-12(11)19;1-4(6)3-5(2)7/h3-6,10-12,15,17H,7-9H2,1-2H3;4-7H,3H2,1-2H3/t10?,11-,12+,15?,17-,18-;4-,5-/m01/s1. The molecule has 2 aliphatic heterocycles. The van der Waals surface area contributed by atoms with Crippen molar-refractivity contribution >= 4 is 5.78 Å². The van der Waals surface area contributed by atoms with Crippen molar-refractivity contribution in [3.63, 3.8) is 0 Å². The summed E-state index contributed by atoms with van der Waals surface area (Å²) in [6.45, 7) is 4.37. The molecule has 0 radical (unpaired) electrons. The third kappa shape index (κ3) is 3.16. The van der Waals surface area contributed by atoms with E-state index in [4.69, 9.17) is 19.7 Å². The summed E-state index contributed by atoms with van der Waals surface area (Å²) in [7, 11) is 3.91. The lowest BCUT2D eigenvalue weighted by atomic mass is 9.48. The second-order valence-corrected chi connectivity index (χ2v) is 9.30. The van der Waals surface area contributed by atoms with Gasteiger partial charge in [-0.15, -0.1) is 0 Å². The lowest BCUT2D eigenvalue weighted by Crippen LogP contribution is -2.64. The number of aliphatic hydroxyl groups is 2. The first-order valence-electron chi connectivity index (χ1n) is 10.7. The minimum Gasteiger partial charge on any atom is -0.493 e. The van der Waals surface area contributed by atoms with Crippen molar-refractivity contribution in [2.45, 2.75) is 57.5 Å². The zero-order valence-corrected chi connectivity index (χ0v) is 17.7. The van der Waals surface area contributed by atoms with Gasteiger partial charge in [-0.3, -0.25) is 4.79 Å². The first-order valence-corrected chi connectivity index (χ1v) is 10.7. The fourth-order valence-corrected chi connectivity index (χ4v) is 6.33. The average Bonchev–Trinajstić information content (AvgIpc) is 3.01. The number of hydrogen-bond donors (Lipinski definition) is 2. The SMILES string of the molecule is COC1=C2O[C@H]3C(=O)C=C[C@H]4[C@H]5CC(C=C1)C2[C@@]34CCN5C.C[C@@H](O)C[C@@H](C)O. The van der Waals surface area contributed by atoms with E-state index in [1.807, 2.05) is 6.08 Å². The van der Waals surface area contributed by atoms with Crippen LogP contribution in [-0.4, -0.2) is 66.0 Å². The van der Waals surface area contributed by atoms with Gasteiger partial charge in [0.05, 0.1) is 19.3 Å². The fourth-order valence-electron chi connectivity index (χ4n) is 6.33. The molecule has 29 heavy (non-hydrogen) atoms. The highest BCUT2D eigenvalue weighted by Crippen LogP contribution is 2.66. The molecule has 2 unspecified atom stereocenters. The number of aliphatic hydroxyl groups excluding tert-OH is 2. The maximum absolute atomic E-state index is 12.6. The normalized spacial score (nSPS) is 41.2. The van der Waals surface area contributed by atoms with Crippen LogP contribution in [0.2, 0.25) is 0 Å². The first kappa shape index (κ1) is 20.6. The Labute approximate surface area is 172 Å². The number of hydrogen-bond acceptors (Lipinski definition) is 6. The number of nitrogens with zero attached hydrogens (tertiary/aromatic N) is 1. The topological polar surface area (TPSA) is 79.2 Å². The van der Waals surface area contributed by atoms with Gasteiger partial charge in [0, 0.05) is 23.3 Å². The average molecular weight is 404 g/mol. The molecular formula is C23H33NO5. The predicted octanol–water partition coefficient (Wildman–Crippen LogP) is 2.03. The van der Waals surface area contributed by atoms with Crippen molar-refractivity contribution in [3.05, 3.63) is 35.8 Å². The third-order valence-corrected chi connectivity index (χ3v) is 7.40. The van der Waals surface area contributed by atoms with Gasteiger partial charge in [0.2, 0.25) is 0 Å². The molecule has 6 heteroatoms. The molecule has 0 aromatic carbocycles. The van der Waals surface area contributed by atoms with E-state index in [0.717, 1.165) is 30.9 Å². The molecule has 3 aliphatic carbocycles. The molecule has 0 aromatic heterocycles. The Morgan fingerprint density at radius 3 is 2.62 bits per heavy atom. The highest BCUT2D eigenvalue weighted by atomic mass is 16.5. The van der Waals surface area contributed by atoms with Crippen LogP contribution in [0, 0.1) is 23.2 Å². The molecule has 2 saturated heterocycles. The summed E-state index contributed by atoms with van der Waals surface area (Å²) in [6, 6.07) is 0.513. The smallest absolute Gasteiger partial charge is 0.196 e. The predicted molar refractivity (Wildman–Crippen MR) is 109 cm³/mol. The number of allylic oxidation sites excluding steroid dienone is 3. The van der Waals surface area contributed by atoms with Gasteiger partial charge >= 0.3 is 0 Å². The van der Waals surface area contributed by atoms with Crippen LogP contribution in [0.15, 0.2) is 35.8 Å². The van der Waals surface area contributed by atoms with Gasteiger partial charge in [-0.1, -0.05) is 12.2 Å². The van der Waals surface area contributed by atoms with E-state index in [2.05, 4.69) is 24.1 Å². The van der Waals surface area contributed by atoms with E-state index in [1.165, 1.54) is 0 Å². The maximum atomic E-state index is 12.6. The van der Waals surface area contributed by atoms with Crippen molar-refractivity contribution in [1.82, 2.24) is 4.90 Å². The van der Waals surface area contributed by atoms with Crippen LogP contribution in [0.1, 0.15) is 33.1 Å². The molecule has 8 atom stereocenters. The lowest BCUT2D eigenvalue weighted by molar-refractivity contribution is -0.140. The van der Waals surface area contributed by atoms with Gasteiger partial charge in [-0.05, 0) is 64.8 Å². The molecule has 160 valence electrons. The van der Waals surface area contributed by atoms with Gasteiger partial charge in [-0.2, -0.15) is 0 Å². The van der Waals surface area contributed by atoms with Crippen molar-refractivity contribution in [1.29, 1.82) is 0 Å². The Morgan fingerprint density at radius 1 is 1.28 bits per heavy atom. The number of carbonyl (C=O) groups excluding carboxylic acids is 1. The van der Waals surface area contributed by atoms with Crippen LogP contribution < -0.4 is 0 Å². The van der Waals surface area contributed by atoms with Crippen LogP contribution >= 0.6 is 0 Å². The molecule has 0 amide bonds. The molecule has 5 aliphatic rings. The van der Waals surface area contributed by atoms with Gasteiger partial charge < -0.3 is 24.6 Å². The Hall–Kier alpha value is -1.63. The van der Waals surface area contributed by atoms with Crippen LogP contribution in [0.3, 0.4) is 0 Å². The number of carbonyl (C=O) groups is 1. The van der Waals surface area contributed by atoms with E-state index < -0.39 is 0 Å². The Kier molecular flexibility index (Phi) is 5.38. The molecule has 6 nitrogen and oxygen atoms in total. The summed E-state index contributed by atoms with van der Waals surface area (Å²) in [5.41, 5.74) is -0.0597. The summed E-state index contributed by atoms with van der Waals surface area (Å²) < 4.78 is 11.8. The number of ether oxygens (including phenoxy) is 2. The first-order chi connectivity index (χ1) is 13.8. The number of ketones is 1. The summed E-state index contributed by atoms with van der Waals surface area (Å²) >= 11 is 0. The summed E-state index contributed by atoms with van der Waals surface area (Å²) in [6.07, 6.45) is 9.83. The van der Waals surface area contributed by atoms with Gasteiger partial charge in [0.15, 0.2) is 17.6 Å². The molecular weight excluding hydrogens is 370 g/mol. The second kappa shape index (κ2) is 7.56. The van der Waals surface area contributed by atoms with Crippen LogP contribution in [0.25, 0.3) is 0 Å². The van der Waals surface area contributed by atoms with E-state index in [9.17, 15) is 4.79 Å². The fraction of sp³-hybridized carbons (Fsp3) is 0.696. The summed E-state index contributed by atoms with van der Waals surface area (Å²) in [5, 5.41) is 17.1. The monoisotopic (exact) mass is 403 g/mol. The van der Waals surface area contributed by atoms with Gasteiger partial charge in [0.25, 0.3) is 0 Å². The largest absolute Gasteiger partial charge is 0.493 e. The molecule has 2 heterocycles. The van der Waals surface area contributed by atoms with Crippen LogP contribution in [0.5, 0.6) is 0 Å². The van der Waals surface area contributed by atoms with Crippen LogP contribution in [0.4, 0.5) is 0 Å². The Morgan fingerprint density at radius 2 is 2.00 bits per heavy atom.